The predicted molar refractivity (Wildman–Crippen MR) is 190 cm³/mol. The lowest BCUT2D eigenvalue weighted by Crippen LogP contribution is -2.18. The number of anilines is 3. The van der Waals surface area contributed by atoms with Gasteiger partial charge in [0.15, 0.2) is 11.6 Å². The summed E-state index contributed by atoms with van der Waals surface area (Å²) in [4.78, 5) is 30.7. The van der Waals surface area contributed by atoms with Gasteiger partial charge >= 0.3 is 0 Å². The van der Waals surface area contributed by atoms with E-state index in [9.17, 15) is 0 Å². The number of para-hydroxylation sites is 1. The molecule has 9 aromatic rings. The van der Waals surface area contributed by atoms with Crippen LogP contribution in [0, 0.1) is 0 Å². The molecule has 0 bridgehead atoms. The predicted octanol–water partition coefficient (Wildman–Crippen LogP) is 9.09. The zero-order valence-electron chi connectivity index (χ0n) is 25.4. The third-order valence-corrected chi connectivity index (χ3v) is 9.03. The number of benzene rings is 6. The summed E-state index contributed by atoms with van der Waals surface area (Å²) >= 11 is 0. The molecule has 48 heavy (non-hydrogen) atoms. The molecule has 0 fully saturated rings. The van der Waals surface area contributed by atoms with Crippen molar-refractivity contribution >= 4 is 49.9 Å². The average molecular weight is 617 g/mol. The van der Waals surface area contributed by atoms with E-state index in [-0.39, 0.29) is 0 Å². The van der Waals surface area contributed by atoms with Gasteiger partial charge in [-0.2, -0.15) is 9.97 Å². The SMILES string of the molecule is c1ccc(-c2ncnc(N3c4cc5c(cc4-c4cccc6cccc3c46)c3ccccc3n5-c3ncnc(-c4ccccc4)n3)n2)cc1. The van der Waals surface area contributed by atoms with Crippen LogP contribution < -0.4 is 4.90 Å². The molecule has 0 saturated heterocycles. The molecule has 0 spiro atoms. The van der Waals surface area contributed by atoms with Crippen LogP contribution in [-0.4, -0.2) is 34.5 Å². The number of nitrogens with zero attached hydrogens (tertiary/aromatic N) is 8. The molecule has 1 aliphatic rings. The van der Waals surface area contributed by atoms with Gasteiger partial charge < -0.3 is 0 Å². The van der Waals surface area contributed by atoms with Crippen LogP contribution >= 0.6 is 0 Å². The van der Waals surface area contributed by atoms with Gasteiger partial charge in [0, 0.05) is 32.8 Å². The lowest BCUT2D eigenvalue weighted by molar-refractivity contribution is 0.946. The molecule has 10 rings (SSSR count). The van der Waals surface area contributed by atoms with Crippen LogP contribution in [-0.2, 0) is 0 Å². The van der Waals surface area contributed by atoms with Gasteiger partial charge in [-0.15, -0.1) is 0 Å². The Balaban J connectivity index is 1.28. The summed E-state index contributed by atoms with van der Waals surface area (Å²) in [6.45, 7) is 0. The minimum atomic E-state index is 0.542. The Morgan fingerprint density at radius 1 is 0.438 bits per heavy atom. The fourth-order valence-electron chi connectivity index (χ4n) is 6.94. The highest BCUT2D eigenvalue weighted by Gasteiger charge is 2.30. The van der Waals surface area contributed by atoms with E-state index in [4.69, 9.17) is 19.9 Å². The van der Waals surface area contributed by atoms with Crippen LogP contribution in [0.5, 0.6) is 0 Å². The van der Waals surface area contributed by atoms with E-state index in [0.717, 1.165) is 66.2 Å². The maximum absolute atomic E-state index is 5.04. The lowest BCUT2D eigenvalue weighted by atomic mass is 9.90. The van der Waals surface area contributed by atoms with E-state index < -0.39 is 0 Å². The van der Waals surface area contributed by atoms with Crippen LogP contribution in [0.25, 0.3) is 72.4 Å². The van der Waals surface area contributed by atoms with Crippen molar-refractivity contribution in [2.75, 3.05) is 4.90 Å². The topological polar surface area (TPSA) is 85.5 Å². The van der Waals surface area contributed by atoms with Crippen molar-refractivity contribution in [3.8, 4) is 39.9 Å². The van der Waals surface area contributed by atoms with E-state index in [1.165, 1.54) is 0 Å². The number of hydrogen-bond acceptors (Lipinski definition) is 7. The summed E-state index contributed by atoms with van der Waals surface area (Å²) in [5.74, 6) is 2.32. The third kappa shape index (κ3) is 3.96. The zero-order valence-corrected chi connectivity index (χ0v) is 25.4. The summed E-state index contributed by atoms with van der Waals surface area (Å²) in [5.41, 5.74) is 8.06. The second kappa shape index (κ2) is 10.4. The highest BCUT2D eigenvalue weighted by atomic mass is 15.3. The van der Waals surface area contributed by atoms with Crippen LogP contribution in [0.3, 0.4) is 0 Å². The normalized spacial score (nSPS) is 12.1. The van der Waals surface area contributed by atoms with Crippen LogP contribution in [0.2, 0.25) is 0 Å². The van der Waals surface area contributed by atoms with E-state index >= 15 is 0 Å². The van der Waals surface area contributed by atoms with Crippen LogP contribution in [0.4, 0.5) is 17.3 Å². The van der Waals surface area contributed by atoms with Crippen molar-refractivity contribution in [3.63, 3.8) is 0 Å². The molecule has 0 radical (unpaired) electrons. The number of hydrogen-bond donors (Lipinski definition) is 0. The molecule has 4 heterocycles. The van der Waals surface area contributed by atoms with Crippen molar-refractivity contribution in [2.24, 2.45) is 0 Å². The molecule has 0 amide bonds. The monoisotopic (exact) mass is 616 g/mol. The van der Waals surface area contributed by atoms with Gasteiger partial charge in [-0.05, 0) is 35.2 Å². The Morgan fingerprint density at radius 2 is 1.08 bits per heavy atom. The van der Waals surface area contributed by atoms with Crippen molar-refractivity contribution in [1.29, 1.82) is 0 Å². The summed E-state index contributed by atoms with van der Waals surface area (Å²) in [7, 11) is 0. The third-order valence-electron chi connectivity index (χ3n) is 9.03. The van der Waals surface area contributed by atoms with Crippen molar-refractivity contribution in [3.05, 3.63) is 146 Å². The van der Waals surface area contributed by atoms with E-state index in [2.05, 4.69) is 92.2 Å². The highest BCUT2D eigenvalue weighted by Crippen LogP contribution is 2.52. The minimum Gasteiger partial charge on any atom is -0.278 e. The quantitative estimate of drug-likeness (QED) is 0.195. The van der Waals surface area contributed by atoms with Crippen molar-refractivity contribution in [2.45, 2.75) is 0 Å². The van der Waals surface area contributed by atoms with Gasteiger partial charge in [0.1, 0.15) is 12.7 Å². The Bertz CT molecular complexity index is 2680. The first kappa shape index (κ1) is 26.4. The zero-order chi connectivity index (χ0) is 31.6. The molecule has 3 aromatic heterocycles. The Kier molecular flexibility index (Phi) is 5.71. The summed E-state index contributed by atoms with van der Waals surface area (Å²) in [6, 6.07) is 45.8. The largest absolute Gasteiger partial charge is 0.278 e. The molecular weight excluding hydrogens is 592 g/mol. The molecular formula is C40H24N8. The van der Waals surface area contributed by atoms with Gasteiger partial charge in [0.25, 0.3) is 0 Å². The first-order valence-corrected chi connectivity index (χ1v) is 15.7. The van der Waals surface area contributed by atoms with Gasteiger partial charge in [0.05, 0.1) is 22.4 Å². The second-order valence-corrected chi connectivity index (χ2v) is 11.7. The molecule has 0 saturated carbocycles. The van der Waals surface area contributed by atoms with Crippen LogP contribution in [0.15, 0.2) is 146 Å². The highest BCUT2D eigenvalue weighted by molar-refractivity contribution is 6.18. The summed E-state index contributed by atoms with van der Waals surface area (Å²) in [5, 5.41) is 4.52. The Morgan fingerprint density at radius 3 is 1.83 bits per heavy atom. The van der Waals surface area contributed by atoms with E-state index in [1.807, 2.05) is 60.7 Å². The number of fused-ring (bicyclic) bond motifs is 5. The van der Waals surface area contributed by atoms with Crippen LogP contribution in [0.1, 0.15) is 0 Å². The lowest BCUT2D eigenvalue weighted by Gasteiger charge is -2.32. The summed E-state index contributed by atoms with van der Waals surface area (Å²) in [6.07, 6.45) is 3.18. The maximum atomic E-state index is 5.04. The number of rotatable bonds is 4. The standard InChI is InChI=1S/C40H24N8/c1-3-11-26(12-4-1)37-41-23-43-39(45-37)47-32-19-8-7-17-28(32)30-21-31-29-18-9-15-25-16-10-20-33(36(25)29)48(35(31)22-34(30)47)40-44-24-42-38(46-40)27-13-5-2-6-14-27/h1-24H. The molecule has 0 aliphatic carbocycles. The second-order valence-electron chi connectivity index (χ2n) is 11.7. The smallest absolute Gasteiger partial charge is 0.238 e. The molecule has 224 valence electrons. The summed E-state index contributed by atoms with van der Waals surface area (Å²) < 4.78 is 2.13. The number of aromatic nitrogens is 7. The van der Waals surface area contributed by atoms with Gasteiger partial charge in [0.2, 0.25) is 11.9 Å². The van der Waals surface area contributed by atoms with Gasteiger partial charge in [-0.1, -0.05) is 109 Å². The van der Waals surface area contributed by atoms with Crippen molar-refractivity contribution in [1.82, 2.24) is 34.5 Å². The van der Waals surface area contributed by atoms with E-state index in [1.54, 1.807) is 12.7 Å². The van der Waals surface area contributed by atoms with Gasteiger partial charge in [-0.3, -0.25) is 9.47 Å². The minimum absolute atomic E-state index is 0.542. The van der Waals surface area contributed by atoms with Crippen molar-refractivity contribution < 1.29 is 0 Å². The first-order chi connectivity index (χ1) is 23.8. The molecule has 6 aromatic carbocycles. The molecule has 8 heteroatoms. The molecule has 0 unspecified atom stereocenters. The maximum Gasteiger partial charge on any atom is 0.238 e. The molecule has 0 atom stereocenters. The molecule has 1 aliphatic heterocycles. The average Bonchev–Trinajstić information content (AvgIpc) is 3.48. The first-order valence-electron chi connectivity index (χ1n) is 15.7. The van der Waals surface area contributed by atoms with Gasteiger partial charge in [-0.25, -0.2) is 19.9 Å². The van der Waals surface area contributed by atoms with E-state index in [0.29, 0.717) is 23.5 Å². The Hall–Kier alpha value is -6.80. The fraction of sp³-hybridized carbons (Fsp3) is 0. The Labute approximate surface area is 274 Å². The molecule has 0 N–H and O–H groups in total. The fourth-order valence-corrected chi connectivity index (χ4v) is 6.94. The molecule has 8 nitrogen and oxygen atoms in total.